The molecule has 88 valence electrons. The van der Waals surface area contributed by atoms with Crippen molar-refractivity contribution >= 4 is 0 Å². The minimum Gasteiger partial charge on any atom is -0.0617 e. The molecule has 0 aromatic heterocycles. The first-order chi connectivity index (χ1) is 7.81. The smallest absolute Gasteiger partial charge is 0.0162 e. The highest BCUT2D eigenvalue weighted by Gasteiger charge is 2.21. The minimum atomic E-state index is 0.756. The van der Waals surface area contributed by atoms with Gasteiger partial charge in [-0.25, -0.2) is 0 Å². The van der Waals surface area contributed by atoms with Crippen LogP contribution in [-0.4, -0.2) is 0 Å². The van der Waals surface area contributed by atoms with Crippen LogP contribution in [0.4, 0.5) is 0 Å². The van der Waals surface area contributed by atoms with E-state index >= 15 is 0 Å². The molecule has 0 aliphatic heterocycles. The van der Waals surface area contributed by atoms with E-state index < -0.39 is 0 Å². The van der Waals surface area contributed by atoms with Gasteiger partial charge in [-0.1, -0.05) is 57.4 Å². The van der Waals surface area contributed by atoms with Crippen LogP contribution in [0, 0.1) is 5.92 Å². The second-order valence-electron chi connectivity index (χ2n) is 5.29. The van der Waals surface area contributed by atoms with E-state index in [4.69, 9.17) is 0 Å². The monoisotopic (exact) mass is 216 g/mol. The molecular formula is C16H24. The lowest BCUT2D eigenvalue weighted by Crippen LogP contribution is -2.13. The fourth-order valence-corrected chi connectivity index (χ4v) is 3.00. The quantitative estimate of drug-likeness (QED) is 0.672. The van der Waals surface area contributed by atoms with E-state index in [0.717, 1.165) is 18.3 Å². The lowest BCUT2D eigenvalue weighted by atomic mass is 9.77. The van der Waals surface area contributed by atoms with E-state index in [1.165, 1.54) is 37.7 Å². The number of aryl methyl sites for hydroxylation is 1. The summed E-state index contributed by atoms with van der Waals surface area (Å²) in [5, 5.41) is 0. The van der Waals surface area contributed by atoms with Crippen LogP contribution >= 0.6 is 0 Å². The van der Waals surface area contributed by atoms with Crippen LogP contribution in [0.5, 0.6) is 0 Å². The molecule has 1 fully saturated rings. The maximum Gasteiger partial charge on any atom is -0.0162 e. The summed E-state index contributed by atoms with van der Waals surface area (Å²) in [6.07, 6.45) is 8.39. The summed E-state index contributed by atoms with van der Waals surface area (Å²) >= 11 is 0. The Bertz CT molecular complexity index is 321. The third-order valence-electron chi connectivity index (χ3n) is 4.24. The fraction of sp³-hybridized carbons (Fsp3) is 0.625. The molecule has 1 aliphatic carbocycles. The molecule has 0 spiro atoms. The highest BCUT2D eigenvalue weighted by Crippen LogP contribution is 2.35. The van der Waals surface area contributed by atoms with Crippen molar-refractivity contribution in [1.29, 1.82) is 0 Å². The summed E-state index contributed by atoms with van der Waals surface area (Å²) in [6.45, 7) is 4.66. The molecule has 16 heavy (non-hydrogen) atoms. The molecule has 1 atom stereocenters. The van der Waals surface area contributed by atoms with Crippen LogP contribution in [0.15, 0.2) is 24.3 Å². The van der Waals surface area contributed by atoms with Crippen LogP contribution in [0.2, 0.25) is 0 Å². The van der Waals surface area contributed by atoms with E-state index in [9.17, 15) is 0 Å². The zero-order chi connectivity index (χ0) is 11.4. The Morgan fingerprint density at radius 2 is 1.94 bits per heavy atom. The molecule has 0 saturated heterocycles. The lowest BCUT2D eigenvalue weighted by Gasteiger charge is -2.28. The van der Waals surface area contributed by atoms with Crippen molar-refractivity contribution in [3.63, 3.8) is 0 Å². The molecule has 0 amide bonds. The van der Waals surface area contributed by atoms with Crippen LogP contribution < -0.4 is 0 Å². The topological polar surface area (TPSA) is 0 Å². The van der Waals surface area contributed by atoms with Crippen molar-refractivity contribution in [3.05, 3.63) is 35.4 Å². The van der Waals surface area contributed by atoms with E-state index in [-0.39, 0.29) is 0 Å². The maximum absolute atomic E-state index is 2.42. The number of benzene rings is 1. The number of hydrogen-bond donors (Lipinski definition) is 0. The van der Waals surface area contributed by atoms with Gasteiger partial charge in [0.15, 0.2) is 0 Å². The predicted octanol–water partition coefficient (Wildman–Crippen LogP) is 4.93. The van der Waals surface area contributed by atoms with Gasteiger partial charge in [-0.05, 0) is 42.2 Å². The van der Waals surface area contributed by atoms with Gasteiger partial charge in [0.05, 0.1) is 0 Å². The summed E-state index contributed by atoms with van der Waals surface area (Å²) in [6, 6.07) is 9.21. The van der Waals surface area contributed by atoms with Crippen molar-refractivity contribution < 1.29 is 0 Å². The van der Waals surface area contributed by atoms with Crippen molar-refractivity contribution in [2.45, 2.75) is 58.3 Å². The Hall–Kier alpha value is -0.780. The SMILES string of the molecule is CCc1cccc(C(C)C2CCCCC2)c1. The molecule has 1 aromatic rings. The van der Waals surface area contributed by atoms with Crippen molar-refractivity contribution in [3.8, 4) is 0 Å². The normalized spacial score (nSPS) is 19.6. The molecule has 1 aromatic carbocycles. The molecule has 0 heterocycles. The standard InChI is InChI=1S/C16H24/c1-3-14-8-7-11-16(12-14)13(2)15-9-5-4-6-10-15/h7-8,11-13,15H,3-6,9-10H2,1-2H3. The predicted molar refractivity (Wildman–Crippen MR) is 70.8 cm³/mol. The lowest BCUT2D eigenvalue weighted by molar-refractivity contribution is 0.316. The van der Waals surface area contributed by atoms with Crippen molar-refractivity contribution in [2.75, 3.05) is 0 Å². The molecule has 1 aliphatic rings. The summed E-state index contributed by atoms with van der Waals surface area (Å²) in [5.74, 6) is 1.69. The Balaban J connectivity index is 2.09. The van der Waals surface area contributed by atoms with Crippen LogP contribution in [-0.2, 0) is 6.42 Å². The second kappa shape index (κ2) is 5.52. The van der Waals surface area contributed by atoms with Crippen LogP contribution in [0.25, 0.3) is 0 Å². The first kappa shape index (κ1) is 11.7. The Kier molecular flexibility index (Phi) is 4.04. The molecule has 1 unspecified atom stereocenters. The molecular weight excluding hydrogens is 192 g/mol. The highest BCUT2D eigenvalue weighted by molar-refractivity contribution is 5.26. The van der Waals surface area contributed by atoms with E-state index in [1.54, 1.807) is 5.56 Å². The fourth-order valence-electron chi connectivity index (χ4n) is 3.00. The molecule has 0 heteroatoms. The number of rotatable bonds is 3. The van der Waals surface area contributed by atoms with E-state index in [1.807, 2.05) is 0 Å². The van der Waals surface area contributed by atoms with Crippen LogP contribution in [0.3, 0.4) is 0 Å². The van der Waals surface area contributed by atoms with Gasteiger partial charge in [0.25, 0.3) is 0 Å². The molecule has 0 bridgehead atoms. The minimum absolute atomic E-state index is 0.756. The molecule has 0 nitrogen and oxygen atoms in total. The van der Waals surface area contributed by atoms with Gasteiger partial charge in [-0.15, -0.1) is 0 Å². The summed E-state index contributed by atoms with van der Waals surface area (Å²) in [4.78, 5) is 0. The van der Waals surface area contributed by atoms with E-state index in [2.05, 4.69) is 38.1 Å². The van der Waals surface area contributed by atoms with Crippen molar-refractivity contribution in [1.82, 2.24) is 0 Å². The molecule has 0 radical (unpaired) electrons. The Morgan fingerprint density at radius 3 is 2.62 bits per heavy atom. The summed E-state index contributed by atoms with van der Waals surface area (Å²) in [7, 11) is 0. The van der Waals surface area contributed by atoms with Gasteiger partial charge in [0.1, 0.15) is 0 Å². The van der Waals surface area contributed by atoms with Gasteiger partial charge in [-0.2, -0.15) is 0 Å². The van der Waals surface area contributed by atoms with E-state index in [0.29, 0.717) is 0 Å². The largest absolute Gasteiger partial charge is 0.0617 e. The zero-order valence-corrected chi connectivity index (χ0v) is 10.7. The average molecular weight is 216 g/mol. The van der Waals surface area contributed by atoms with Crippen molar-refractivity contribution in [2.24, 2.45) is 5.92 Å². The maximum atomic E-state index is 2.42. The summed E-state index contributed by atoms with van der Waals surface area (Å²) < 4.78 is 0. The van der Waals surface area contributed by atoms with Crippen LogP contribution in [0.1, 0.15) is 63.0 Å². The number of hydrogen-bond acceptors (Lipinski definition) is 0. The molecule has 0 N–H and O–H groups in total. The second-order valence-corrected chi connectivity index (χ2v) is 5.29. The third-order valence-corrected chi connectivity index (χ3v) is 4.24. The summed E-state index contributed by atoms with van der Waals surface area (Å²) in [5.41, 5.74) is 3.05. The Labute approximate surface area is 100 Å². The van der Waals surface area contributed by atoms with Gasteiger partial charge in [0, 0.05) is 0 Å². The molecule has 2 rings (SSSR count). The zero-order valence-electron chi connectivity index (χ0n) is 10.7. The Morgan fingerprint density at radius 1 is 1.19 bits per heavy atom. The van der Waals surface area contributed by atoms with Gasteiger partial charge < -0.3 is 0 Å². The first-order valence-electron chi connectivity index (χ1n) is 6.90. The highest BCUT2D eigenvalue weighted by atomic mass is 14.3. The van der Waals surface area contributed by atoms with Gasteiger partial charge in [0.2, 0.25) is 0 Å². The van der Waals surface area contributed by atoms with Gasteiger partial charge in [-0.3, -0.25) is 0 Å². The molecule has 1 saturated carbocycles. The first-order valence-corrected chi connectivity index (χ1v) is 6.90. The van der Waals surface area contributed by atoms with Gasteiger partial charge >= 0.3 is 0 Å². The third kappa shape index (κ3) is 2.66. The average Bonchev–Trinajstić information content (AvgIpc) is 2.39.